The maximum absolute atomic E-state index is 12.6. The van der Waals surface area contributed by atoms with E-state index in [1.54, 1.807) is 16.4 Å². The Hall–Kier alpha value is -0.850. The van der Waals surface area contributed by atoms with Crippen molar-refractivity contribution in [3.63, 3.8) is 0 Å². The molecule has 2 atom stereocenters. The predicted molar refractivity (Wildman–Crippen MR) is 73.6 cm³/mol. The van der Waals surface area contributed by atoms with Crippen LogP contribution in [0.15, 0.2) is 21.6 Å². The Morgan fingerprint density at radius 3 is 2.75 bits per heavy atom. The molecule has 5 nitrogen and oxygen atoms in total. The molecule has 4 rings (SSSR count). The van der Waals surface area contributed by atoms with Crippen molar-refractivity contribution in [3.8, 4) is 0 Å². The Morgan fingerprint density at radius 2 is 2.10 bits per heavy atom. The smallest absolute Gasteiger partial charge is 0.276 e. The summed E-state index contributed by atoms with van der Waals surface area (Å²) in [6.07, 6.45) is 5.62. The van der Waals surface area contributed by atoms with Crippen LogP contribution >= 0.6 is 0 Å². The fourth-order valence-electron chi connectivity index (χ4n) is 3.41. The van der Waals surface area contributed by atoms with Crippen molar-refractivity contribution in [1.29, 1.82) is 0 Å². The van der Waals surface area contributed by atoms with Gasteiger partial charge in [0.15, 0.2) is 0 Å². The number of furan rings is 1. The molecule has 2 heterocycles. The first kappa shape index (κ1) is 12.9. The molecule has 110 valence electrons. The summed E-state index contributed by atoms with van der Waals surface area (Å²) >= 11 is 0. The summed E-state index contributed by atoms with van der Waals surface area (Å²) in [4.78, 5) is 0. The quantitative estimate of drug-likeness (QED) is 0.898. The summed E-state index contributed by atoms with van der Waals surface area (Å²) in [5.41, 5.74) is 0. The standard InChI is InChI=1S/C14H20N2O3S/c17-20(18,16-9-10-1-4-12(16)7-10)14-6-5-13(19-14)8-15-11-2-3-11/h5-6,10-12,15H,1-4,7-9H2. The zero-order valence-corrected chi connectivity index (χ0v) is 12.2. The van der Waals surface area contributed by atoms with Crippen LogP contribution in [0.2, 0.25) is 0 Å². The first-order valence-corrected chi connectivity index (χ1v) is 8.91. The number of hydrogen-bond donors (Lipinski definition) is 1. The monoisotopic (exact) mass is 296 g/mol. The molecule has 1 N–H and O–H groups in total. The van der Waals surface area contributed by atoms with Crippen molar-refractivity contribution in [1.82, 2.24) is 9.62 Å². The Morgan fingerprint density at radius 1 is 1.25 bits per heavy atom. The first-order valence-electron chi connectivity index (χ1n) is 7.47. The van der Waals surface area contributed by atoms with E-state index in [1.807, 2.05) is 0 Å². The molecule has 6 heteroatoms. The van der Waals surface area contributed by atoms with Gasteiger partial charge in [-0.15, -0.1) is 0 Å². The second-order valence-corrected chi connectivity index (χ2v) is 8.11. The van der Waals surface area contributed by atoms with E-state index in [2.05, 4.69) is 5.32 Å². The van der Waals surface area contributed by atoms with Crippen LogP contribution in [0.4, 0.5) is 0 Å². The first-order chi connectivity index (χ1) is 9.63. The van der Waals surface area contributed by atoms with E-state index in [0.29, 0.717) is 30.8 Å². The normalized spacial score (nSPS) is 30.2. The summed E-state index contributed by atoms with van der Waals surface area (Å²) in [5, 5.41) is 3.44. The summed E-state index contributed by atoms with van der Waals surface area (Å²) in [6.45, 7) is 1.29. The topological polar surface area (TPSA) is 62.6 Å². The Balaban J connectivity index is 1.50. The van der Waals surface area contributed by atoms with E-state index in [0.717, 1.165) is 12.8 Å². The van der Waals surface area contributed by atoms with E-state index >= 15 is 0 Å². The van der Waals surface area contributed by atoms with Crippen LogP contribution in [0.25, 0.3) is 0 Å². The third-order valence-electron chi connectivity index (χ3n) is 4.70. The van der Waals surface area contributed by atoms with Gasteiger partial charge in [-0.1, -0.05) is 0 Å². The van der Waals surface area contributed by atoms with Gasteiger partial charge in [-0.2, -0.15) is 4.31 Å². The van der Waals surface area contributed by atoms with Crippen molar-refractivity contribution in [2.75, 3.05) is 6.54 Å². The van der Waals surface area contributed by atoms with Crippen LogP contribution in [0.5, 0.6) is 0 Å². The lowest BCUT2D eigenvalue weighted by Crippen LogP contribution is -2.37. The number of fused-ring (bicyclic) bond motifs is 2. The minimum absolute atomic E-state index is 0.109. The second kappa shape index (κ2) is 4.58. The average molecular weight is 296 g/mol. The fraction of sp³-hybridized carbons (Fsp3) is 0.714. The number of nitrogens with one attached hydrogen (secondary N) is 1. The molecule has 2 saturated carbocycles. The van der Waals surface area contributed by atoms with Gasteiger partial charge in [-0.25, -0.2) is 8.42 Å². The number of sulfonamides is 1. The predicted octanol–water partition coefficient (Wildman–Crippen LogP) is 1.70. The van der Waals surface area contributed by atoms with Crippen molar-refractivity contribution in [2.45, 2.75) is 55.8 Å². The molecule has 1 aromatic rings. The van der Waals surface area contributed by atoms with Gasteiger partial charge in [0.05, 0.1) is 6.54 Å². The molecular formula is C14H20N2O3S. The molecule has 1 saturated heterocycles. The summed E-state index contributed by atoms with van der Waals surface area (Å²) in [6, 6.07) is 4.17. The number of nitrogens with zero attached hydrogens (tertiary/aromatic N) is 1. The van der Waals surface area contributed by atoms with E-state index in [9.17, 15) is 8.42 Å². The zero-order valence-electron chi connectivity index (χ0n) is 11.4. The molecule has 0 amide bonds. The van der Waals surface area contributed by atoms with Gasteiger partial charge < -0.3 is 9.73 Å². The summed E-state index contributed by atoms with van der Waals surface area (Å²) in [7, 11) is -3.43. The highest BCUT2D eigenvalue weighted by atomic mass is 32.2. The van der Waals surface area contributed by atoms with Crippen LogP contribution in [-0.4, -0.2) is 31.4 Å². The van der Waals surface area contributed by atoms with Gasteiger partial charge in [0.1, 0.15) is 5.76 Å². The van der Waals surface area contributed by atoms with Crippen LogP contribution in [0.3, 0.4) is 0 Å². The number of hydrogen-bond acceptors (Lipinski definition) is 4. The molecule has 1 aromatic heterocycles. The second-order valence-electron chi connectivity index (χ2n) is 6.28. The van der Waals surface area contributed by atoms with E-state index in [-0.39, 0.29) is 11.1 Å². The van der Waals surface area contributed by atoms with Gasteiger partial charge in [-0.05, 0) is 50.2 Å². The Kier molecular flexibility index (Phi) is 2.94. The van der Waals surface area contributed by atoms with Crippen molar-refractivity contribution in [2.24, 2.45) is 5.92 Å². The van der Waals surface area contributed by atoms with Crippen LogP contribution < -0.4 is 5.32 Å². The van der Waals surface area contributed by atoms with E-state index < -0.39 is 10.0 Å². The third-order valence-corrected chi connectivity index (χ3v) is 6.49. The van der Waals surface area contributed by atoms with Crippen molar-refractivity contribution >= 4 is 10.0 Å². The SMILES string of the molecule is O=S(=O)(c1ccc(CNC2CC2)o1)N1CC2CCC1C2. The van der Waals surface area contributed by atoms with E-state index in [1.165, 1.54) is 19.3 Å². The zero-order chi connectivity index (χ0) is 13.7. The molecule has 2 bridgehead atoms. The maximum Gasteiger partial charge on any atom is 0.276 e. The van der Waals surface area contributed by atoms with Gasteiger partial charge in [0.25, 0.3) is 10.0 Å². The lowest BCUT2D eigenvalue weighted by Gasteiger charge is -2.24. The van der Waals surface area contributed by atoms with Gasteiger partial charge in [0, 0.05) is 18.6 Å². The highest BCUT2D eigenvalue weighted by molar-refractivity contribution is 7.89. The molecule has 3 aliphatic rings. The van der Waals surface area contributed by atoms with Gasteiger partial charge >= 0.3 is 0 Å². The molecule has 20 heavy (non-hydrogen) atoms. The highest BCUT2D eigenvalue weighted by Gasteiger charge is 2.45. The highest BCUT2D eigenvalue weighted by Crippen LogP contribution is 2.40. The number of rotatable bonds is 5. The van der Waals surface area contributed by atoms with Crippen LogP contribution in [0, 0.1) is 5.92 Å². The summed E-state index contributed by atoms with van der Waals surface area (Å²) < 4.78 is 32.4. The Bertz CT molecular complexity index is 606. The maximum atomic E-state index is 12.6. The minimum atomic E-state index is -3.43. The molecule has 0 spiro atoms. The average Bonchev–Trinajstić information content (AvgIpc) is 2.87. The molecule has 0 radical (unpaired) electrons. The molecule has 1 aliphatic heterocycles. The van der Waals surface area contributed by atoms with Crippen LogP contribution in [-0.2, 0) is 16.6 Å². The third kappa shape index (κ3) is 2.19. The number of piperidine rings is 1. The van der Waals surface area contributed by atoms with Gasteiger partial charge in [-0.3, -0.25) is 0 Å². The minimum Gasteiger partial charge on any atom is -0.447 e. The Labute approximate surface area is 119 Å². The summed E-state index contributed by atoms with van der Waals surface area (Å²) in [5.74, 6) is 1.26. The lowest BCUT2D eigenvalue weighted by molar-refractivity contribution is 0.316. The molecule has 3 fully saturated rings. The molecular weight excluding hydrogens is 276 g/mol. The van der Waals surface area contributed by atoms with Crippen molar-refractivity contribution < 1.29 is 12.8 Å². The fourth-order valence-corrected chi connectivity index (χ4v) is 5.09. The molecule has 0 aromatic carbocycles. The largest absolute Gasteiger partial charge is 0.447 e. The van der Waals surface area contributed by atoms with Crippen molar-refractivity contribution in [3.05, 3.63) is 17.9 Å². The molecule has 2 unspecified atom stereocenters. The van der Waals surface area contributed by atoms with E-state index in [4.69, 9.17) is 4.42 Å². The van der Waals surface area contributed by atoms with Gasteiger partial charge in [0.2, 0.25) is 5.09 Å². The lowest BCUT2D eigenvalue weighted by atomic mass is 10.1. The molecule has 2 aliphatic carbocycles. The van der Waals surface area contributed by atoms with Crippen LogP contribution in [0.1, 0.15) is 37.9 Å².